The number of aromatic nitrogens is 3. The number of amides is 1. The maximum atomic E-state index is 11.7. The first-order valence-corrected chi connectivity index (χ1v) is 5.08. The van der Waals surface area contributed by atoms with Crippen molar-refractivity contribution in [2.45, 2.75) is 12.6 Å². The average molecular weight is 235 g/mol. The highest BCUT2D eigenvalue weighted by atomic mass is 16.5. The molecule has 17 heavy (non-hydrogen) atoms. The van der Waals surface area contributed by atoms with E-state index >= 15 is 0 Å². The summed E-state index contributed by atoms with van der Waals surface area (Å²) in [6.07, 6.45) is 4.73. The van der Waals surface area contributed by atoms with Gasteiger partial charge in [0, 0.05) is 24.9 Å². The van der Waals surface area contributed by atoms with Crippen LogP contribution in [0.3, 0.4) is 0 Å². The molecule has 2 aromatic heterocycles. The molecule has 0 aliphatic carbocycles. The molecule has 7 nitrogen and oxygen atoms in total. The van der Waals surface area contributed by atoms with Crippen LogP contribution in [0.1, 0.15) is 17.3 Å². The minimum Gasteiger partial charge on any atom is -0.364 e. The van der Waals surface area contributed by atoms with Gasteiger partial charge in [0.05, 0.1) is 12.7 Å². The Hall–Kier alpha value is -2.15. The largest absolute Gasteiger partial charge is 0.364 e. The fourth-order valence-corrected chi connectivity index (χ4v) is 1.37. The third-order valence-electron chi connectivity index (χ3n) is 2.30. The molecule has 0 aliphatic heterocycles. The summed E-state index contributed by atoms with van der Waals surface area (Å²) in [5.41, 5.74) is 7.10. The van der Waals surface area contributed by atoms with Gasteiger partial charge in [0.1, 0.15) is 18.0 Å². The molecule has 2 heterocycles. The third-order valence-corrected chi connectivity index (χ3v) is 2.30. The van der Waals surface area contributed by atoms with Crippen LogP contribution in [0.15, 0.2) is 29.2 Å². The van der Waals surface area contributed by atoms with Gasteiger partial charge in [-0.15, -0.1) is 0 Å². The fourth-order valence-electron chi connectivity index (χ4n) is 1.37. The first-order valence-electron chi connectivity index (χ1n) is 5.08. The molecule has 2 rings (SSSR count). The number of carbonyl (C=O) groups is 1. The van der Waals surface area contributed by atoms with Gasteiger partial charge in [0.2, 0.25) is 5.91 Å². The molecule has 0 spiro atoms. The normalized spacial score (nSPS) is 12.4. The SMILES string of the molecule is Cn1cc(C(N)C(=O)NCc2ccon2)cn1. The zero-order chi connectivity index (χ0) is 12.3. The average Bonchev–Trinajstić information content (AvgIpc) is 2.95. The van der Waals surface area contributed by atoms with Crippen molar-refractivity contribution in [2.75, 3.05) is 0 Å². The highest BCUT2D eigenvalue weighted by Crippen LogP contribution is 2.08. The lowest BCUT2D eigenvalue weighted by Gasteiger charge is -2.09. The quantitative estimate of drug-likeness (QED) is 0.759. The van der Waals surface area contributed by atoms with E-state index in [9.17, 15) is 4.79 Å². The zero-order valence-corrected chi connectivity index (χ0v) is 9.33. The van der Waals surface area contributed by atoms with Gasteiger partial charge in [-0.05, 0) is 0 Å². The van der Waals surface area contributed by atoms with Crippen LogP contribution in [-0.4, -0.2) is 20.8 Å². The summed E-state index contributed by atoms with van der Waals surface area (Å²) >= 11 is 0. The molecular formula is C10H13N5O2. The Labute approximate surface area is 97.6 Å². The van der Waals surface area contributed by atoms with E-state index in [0.717, 1.165) is 0 Å². The van der Waals surface area contributed by atoms with Gasteiger partial charge in [-0.2, -0.15) is 5.10 Å². The van der Waals surface area contributed by atoms with E-state index in [4.69, 9.17) is 5.73 Å². The monoisotopic (exact) mass is 235 g/mol. The molecule has 1 amide bonds. The first kappa shape index (κ1) is 11.3. The number of rotatable bonds is 4. The fraction of sp³-hybridized carbons (Fsp3) is 0.300. The number of nitrogens with zero attached hydrogens (tertiary/aromatic N) is 3. The van der Waals surface area contributed by atoms with Gasteiger partial charge < -0.3 is 15.6 Å². The van der Waals surface area contributed by atoms with E-state index in [1.165, 1.54) is 6.26 Å². The van der Waals surface area contributed by atoms with Crippen molar-refractivity contribution in [1.29, 1.82) is 0 Å². The summed E-state index contributed by atoms with van der Waals surface area (Å²) in [7, 11) is 1.77. The minimum atomic E-state index is -0.726. The van der Waals surface area contributed by atoms with E-state index in [0.29, 0.717) is 17.8 Å². The summed E-state index contributed by atoms with van der Waals surface area (Å²) in [5.74, 6) is -0.277. The summed E-state index contributed by atoms with van der Waals surface area (Å²) in [4.78, 5) is 11.7. The lowest BCUT2D eigenvalue weighted by Crippen LogP contribution is -2.33. The number of hydrogen-bond acceptors (Lipinski definition) is 5. The van der Waals surface area contributed by atoms with Crippen molar-refractivity contribution in [3.63, 3.8) is 0 Å². The zero-order valence-electron chi connectivity index (χ0n) is 9.33. The van der Waals surface area contributed by atoms with Crippen LogP contribution in [-0.2, 0) is 18.4 Å². The van der Waals surface area contributed by atoms with E-state index < -0.39 is 6.04 Å². The highest BCUT2D eigenvalue weighted by molar-refractivity contribution is 5.82. The van der Waals surface area contributed by atoms with E-state index in [-0.39, 0.29) is 5.91 Å². The molecule has 1 unspecified atom stereocenters. The highest BCUT2D eigenvalue weighted by Gasteiger charge is 2.17. The molecule has 0 aromatic carbocycles. The van der Waals surface area contributed by atoms with Crippen molar-refractivity contribution in [3.05, 3.63) is 36.0 Å². The smallest absolute Gasteiger partial charge is 0.241 e. The topological polar surface area (TPSA) is 99.0 Å². The number of carbonyl (C=O) groups excluding carboxylic acids is 1. The summed E-state index contributed by atoms with van der Waals surface area (Å²) in [6.45, 7) is 0.295. The molecule has 0 fully saturated rings. The second kappa shape index (κ2) is 4.79. The predicted molar refractivity (Wildman–Crippen MR) is 58.5 cm³/mol. The Kier molecular flexibility index (Phi) is 3.20. The van der Waals surface area contributed by atoms with Crippen LogP contribution in [0, 0.1) is 0 Å². The van der Waals surface area contributed by atoms with Crippen LogP contribution >= 0.6 is 0 Å². The van der Waals surface area contributed by atoms with Crippen molar-refractivity contribution >= 4 is 5.91 Å². The maximum absolute atomic E-state index is 11.7. The molecule has 7 heteroatoms. The van der Waals surface area contributed by atoms with Gasteiger partial charge in [-0.3, -0.25) is 9.48 Å². The second-order valence-electron chi connectivity index (χ2n) is 3.63. The predicted octanol–water partition coefficient (Wildman–Crippen LogP) is -0.276. The van der Waals surface area contributed by atoms with Crippen LogP contribution in [0.5, 0.6) is 0 Å². The van der Waals surface area contributed by atoms with Crippen LogP contribution in [0.4, 0.5) is 0 Å². The first-order chi connectivity index (χ1) is 8.16. The number of hydrogen-bond donors (Lipinski definition) is 2. The molecule has 0 bridgehead atoms. The van der Waals surface area contributed by atoms with Crippen molar-refractivity contribution in [2.24, 2.45) is 12.8 Å². The lowest BCUT2D eigenvalue weighted by molar-refractivity contribution is -0.122. The lowest BCUT2D eigenvalue weighted by atomic mass is 10.1. The van der Waals surface area contributed by atoms with Gasteiger partial charge >= 0.3 is 0 Å². The van der Waals surface area contributed by atoms with Gasteiger partial charge in [-0.25, -0.2) is 0 Å². The van der Waals surface area contributed by atoms with Crippen LogP contribution in [0.25, 0.3) is 0 Å². The van der Waals surface area contributed by atoms with Gasteiger partial charge in [-0.1, -0.05) is 5.16 Å². The Morgan fingerprint density at radius 3 is 3.12 bits per heavy atom. The Balaban J connectivity index is 1.91. The third kappa shape index (κ3) is 2.70. The minimum absolute atomic E-state index is 0.277. The van der Waals surface area contributed by atoms with Gasteiger partial charge in [0.25, 0.3) is 0 Å². The number of nitrogens with one attached hydrogen (secondary N) is 1. The summed E-state index contributed by atoms with van der Waals surface area (Å²) < 4.78 is 6.25. The maximum Gasteiger partial charge on any atom is 0.241 e. The second-order valence-corrected chi connectivity index (χ2v) is 3.63. The molecule has 0 saturated carbocycles. The molecule has 0 saturated heterocycles. The molecule has 0 radical (unpaired) electrons. The standard InChI is InChI=1S/C10H13N5O2/c1-15-6-7(4-13-15)9(11)10(16)12-5-8-2-3-17-14-8/h2-4,6,9H,5,11H2,1H3,(H,12,16). The number of nitrogens with two attached hydrogens (primary N) is 1. The number of aryl methyl sites for hydroxylation is 1. The Morgan fingerprint density at radius 2 is 2.53 bits per heavy atom. The van der Waals surface area contributed by atoms with Crippen molar-refractivity contribution in [1.82, 2.24) is 20.3 Å². The molecular weight excluding hydrogens is 222 g/mol. The van der Waals surface area contributed by atoms with E-state index in [2.05, 4.69) is 20.1 Å². The van der Waals surface area contributed by atoms with E-state index in [1.807, 2.05) is 0 Å². The Morgan fingerprint density at radius 1 is 1.71 bits per heavy atom. The van der Waals surface area contributed by atoms with Crippen LogP contribution in [0.2, 0.25) is 0 Å². The van der Waals surface area contributed by atoms with Crippen LogP contribution < -0.4 is 11.1 Å². The summed E-state index contributed by atoms with van der Waals surface area (Å²) in [5, 5.41) is 10.3. The Bertz CT molecular complexity index is 491. The molecule has 3 N–H and O–H groups in total. The van der Waals surface area contributed by atoms with E-state index in [1.54, 1.807) is 30.2 Å². The van der Waals surface area contributed by atoms with Crippen molar-refractivity contribution < 1.29 is 9.32 Å². The summed E-state index contributed by atoms with van der Waals surface area (Å²) in [6, 6.07) is 0.950. The molecule has 2 aromatic rings. The molecule has 1 atom stereocenters. The van der Waals surface area contributed by atoms with Gasteiger partial charge in [0.15, 0.2) is 0 Å². The molecule has 0 aliphatic rings. The molecule has 90 valence electrons. The van der Waals surface area contributed by atoms with Crippen molar-refractivity contribution in [3.8, 4) is 0 Å².